The molecular formula is C17H16F3N3O3S2. The minimum absolute atomic E-state index is 0.0946. The number of sulfonamides is 1. The predicted molar refractivity (Wildman–Crippen MR) is 100 cm³/mol. The molecule has 150 valence electrons. The second-order valence-electron chi connectivity index (χ2n) is 6.03. The van der Waals surface area contributed by atoms with Crippen molar-refractivity contribution in [3.8, 4) is 17.0 Å². The lowest BCUT2D eigenvalue weighted by atomic mass is 10.2. The van der Waals surface area contributed by atoms with Crippen LogP contribution in [0, 0.1) is 20.8 Å². The lowest BCUT2D eigenvalue weighted by Gasteiger charge is -2.12. The first kappa shape index (κ1) is 20.2. The zero-order valence-electron chi connectivity index (χ0n) is 15.0. The van der Waals surface area contributed by atoms with Crippen LogP contribution in [-0.2, 0) is 10.0 Å². The van der Waals surface area contributed by atoms with Gasteiger partial charge in [0.05, 0.1) is 5.69 Å². The van der Waals surface area contributed by atoms with Gasteiger partial charge in [0.1, 0.15) is 10.6 Å². The minimum Gasteiger partial charge on any atom is -0.406 e. The molecule has 2 aromatic heterocycles. The number of ether oxygens (including phenoxy) is 1. The maximum atomic E-state index is 13.0. The first-order chi connectivity index (χ1) is 13.0. The standard InChI is InChI=1S/C17H16F3N3O3S2/c1-9-8-14(22-21-9)15-10(2)27-11(3)16(15)28(24,25)23-12-4-6-13(7-5-12)26-17(18,19)20/h4-8,23H,1-3H3,(H,21,22). The summed E-state index contributed by atoms with van der Waals surface area (Å²) < 4.78 is 68.9. The van der Waals surface area contributed by atoms with E-state index >= 15 is 0 Å². The van der Waals surface area contributed by atoms with Gasteiger partial charge in [-0.3, -0.25) is 9.82 Å². The number of aryl methyl sites for hydroxylation is 3. The van der Waals surface area contributed by atoms with Crippen LogP contribution in [0.5, 0.6) is 5.75 Å². The van der Waals surface area contributed by atoms with E-state index in [1.807, 2.05) is 6.92 Å². The Morgan fingerprint density at radius 2 is 1.75 bits per heavy atom. The van der Waals surface area contributed by atoms with E-state index in [2.05, 4.69) is 19.7 Å². The number of H-pyrrole nitrogens is 1. The molecule has 0 bridgehead atoms. The van der Waals surface area contributed by atoms with Crippen molar-refractivity contribution in [3.05, 3.63) is 45.8 Å². The largest absolute Gasteiger partial charge is 0.573 e. The van der Waals surface area contributed by atoms with Crippen molar-refractivity contribution in [3.63, 3.8) is 0 Å². The molecule has 2 N–H and O–H groups in total. The molecule has 0 spiro atoms. The lowest BCUT2D eigenvalue weighted by Crippen LogP contribution is -2.17. The van der Waals surface area contributed by atoms with Crippen LogP contribution < -0.4 is 9.46 Å². The summed E-state index contributed by atoms with van der Waals surface area (Å²) in [5.74, 6) is -0.439. The Kier molecular flexibility index (Phi) is 5.15. The number of halogens is 3. The van der Waals surface area contributed by atoms with Gasteiger partial charge < -0.3 is 4.74 Å². The number of alkyl halides is 3. The molecule has 3 aromatic rings. The summed E-state index contributed by atoms with van der Waals surface area (Å²) in [4.78, 5) is 1.47. The molecule has 1 aromatic carbocycles. The highest BCUT2D eigenvalue weighted by Crippen LogP contribution is 2.39. The fourth-order valence-corrected chi connectivity index (χ4v) is 5.69. The molecule has 3 rings (SSSR count). The number of anilines is 1. The van der Waals surface area contributed by atoms with Gasteiger partial charge in [0.2, 0.25) is 0 Å². The summed E-state index contributed by atoms with van der Waals surface area (Å²) in [6.45, 7) is 5.30. The third-order valence-corrected chi connectivity index (χ3v) is 6.48. The Hall–Kier alpha value is -2.53. The smallest absolute Gasteiger partial charge is 0.406 e. The molecule has 6 nitrogen and oxygen atoms in total. The topological polar surface area (TPSA) is 84.1 Å². The molecule has 2 heterocycles. The van der Waals surface area contributed by atoms with E-state index in [1.165, 1.54) is 23.5 Å². The zero-order chi connectivity index (χ0) is 20.7. The van der Waals surface area contributed by atoms with Gasteiger partial charge in [0.25, 0.3) is 10.0 Å². The summed E-state index contributed by atoms with van der Waals surface area (Å²) in [5.41, 5.74) is 1.90. The Labute approximate surface area is 163 Å². The van der Waals surface area contributed by atoms with Gasteiger partial charge in [-0.25, -0.2) is 8.42 Å². The Bertz CT molecular complexity index is 1100. The third-order valence-electron chi connectivity index (χ3n) is 3.78. The van der Waals surface area contributed by atoms with E-state index in [0.29, 0.717) is 16.1 Å². The van der Waals surface area contributed by atoms with Crippen molar-refractivity contribution in [2.45, 2.75) is 32.0 Å². The van der Waals surface area contributed by atoms with Crippen LogP contribution in [0.3, 0.4) is 0 Å². The molecule has 0 unspecified atom stereocenters. The van der Waals surface area contributed by atoms with E-state index in [4.69, 9.17) is 0 Å². The van der Waals surface area contributed by atoms with E-state index in [0.717, 1.165) is 22.7 Å². The number of nitrogens with zero attached hydrogens (tertiary/aromatic N) is 1. The van der Waals surface area contributed by atoms with Gasteiger partial charge in [-0.1, -0.05) is 0 Å². The van der Waals surface area contributed by atoms with E-state index in [-0.39, 0.29) is 10.6 Å². The molecule has 0 amide bonds. The van der Waals surface area contributed by atoms with Gasteiger partial charge >= 0.3 is 6.36 Å². The second kappa shape index (κ2) is 7.13. The minimum atomic E-state index is -4.82. The zero-order valence-corrected chi connectivity index (χ0v) is 16.6. The first-order valence-corrected chi connectivity index (χ1v) is 10.3. The highest BCUT2D eigenvalue weighted by Gasteiger charge is 2.31. The normalized spacial score (nSPS) is 12.2. The molecule has 0 fully saturated rings. The van der Waals surface area contributed by atoms with Crippen molar-refractivity contribution >= 4 is 27.0 Å². The third kappa shape index (κ3) is 4.30. The molecule has 28 heavy (non-hydrogen) atoms. The Balaban J connectivity index is 1.94. The van der Waals surface area contributed by atoms with Gasteiger partial charge in [0, 0.05) is 26.7 Å². The fraction of sp³-hybridized carbons (Fsp3) is 0.235. The summed E-state index contributed by atoms with van der Waals surface area (Å²) in [7, 11) is -4.00. The van der Waals surface area contributed by atoms with Crippen molar-refractivity contribution < 1.29 is 26.3 Å². The summed E-state index contributed by atoms with van der Waals surface area (Å²) >= 11 is 1.33. The molecule has 0 aliphatic heterocycles. The number of rotatable bonds is 5. The Morgan fingerprint density at radius 1 is 1.11 bits per heavy atom. The lowest BCUT2D eigenvalue weighted by molar-refractivity contribution is -0.274. The average molecular weight is 431 g/mol. The molecule has 0 aliphatic carbocycles. The quantitative estimate of drug-likeness (QED) is 0.610. The van der Waals surface area contributed by atoms with Crippen LogP contribution >= 0.6 is 11.3 Å². The van der Waals surface area contributed by atoms with Crippen molar-refractivity contribution in [1.29, 1.82) is 0 Å². The van der Waals surface area contributed by atoms with E-state index < -0.39 is 22.1 Å². The van der Waals surface area contributed by atoms with E-state index in [9.17, 15) is 21.6 Å². The summed E-state index contributed by atoms with van der Waals surface area (Å²) in [6, 6.07) is 6.22. The number of aromatic nitrogens is 2. The molecule has 0 saturated carbocycles. The van der Waals surface area contributed by atoms with Crippen LogP contribution in [0.2, 0.25) is 0 Å². The maximum Gasteiger partial charge on any atom is 0.573 e. The molecular weight excluding hydrogens is 415 g/mol. The summed E-state index contributed by atoms with van der Waals surface area (Å²) in [5, 5.41) is 6.94. The van der Waals surface area contributed by atoms with Crippen molar-refractivity contribution in [2.75, 3.05) is 4.72 Å². The van der Waals surface area contributed by atoms with Gasteiger partial charge in [-0.05, 0) is 51.1 Å². The van der Waals surface area contributed by atoms with Crippen molar-refractivity contribution in [1.82, 2.24) is 10.2 Å². The fourth-order valence-electron chi connectivity index (χ4n) is 2.76. The van der Waals surface area contributed by atoms with Crippen LogP contribution in [-0.4, -0.2) is 25.0 Å². The molecule has 0 aliphatic rings. The average Bonchev–Trinajstić information content (AvgIpc) is 3.10. The number of thiophene rings is 1. The molecule has 0 saturated heterocycles. The van der Waals surface area contributed by atoms with Crippen LogP contribution in [0.15, 0.2) is 35.2 Å². The number of benzene rings is 1. The van der Waals surface area contributed by atoms with Crippen LogP contribution in [0.4, 0.5) is 18.9 Å². The number of nitrogens with one attached hydrogen (secondary N) is 2. The van der Waals surface area contributed by atoms with Gasteiger partial charge in [-0.2, -0.15) is 5.10 Å². The maximum absolute atomic E-state index is 13.0. The predicted octanol–water partition coefficient (Wildman–Crippen LogP) is 4.76. The molecule has 0 atom stereocenters. The highest BCUT2D eigenvalue weighted by molar-refractivity contribution is 7.93. The van der Waals surface area contributed by atoms with Gasteiger partial charge in [-0.15, -0.1) is 24.5 Å². The van der Waals surface area contributed by atoms with Crippen LogP contribution in [0.25, 0.3) is 11.3 Å². The van der Waals surface area contributed by atoms with Crippen LogP contribution in [0.1, 0.15) is 15.4 Å². The monoisotopic (exact) mass is 431 g/mol. The highest BCUT2D eigenvalue weighted by atomic mass is 32.2. The molecule has 11 heteroatoms. The number of aromatic amines is 1. The summed E-state index contributed by atoms with van der Waals surface area (Å²) in [6.07, 6.45) is -4.82. The molecule has 0 radical (unpaired) electrons. The van der Waals surface area contributed by atoms with Gasteiger partial charge in [0.15, 0.2) is 0 Å². The second-order valence-corrected chi connectivity index (χ2v) is 9.08. The number of hydrogen-bond donors (Lipinski definition) is 2. The first-order valence-electron chi connectivity index (χ1n) is 7.97. The Morgan fingerprint density at radius 3 is 2.29 bits per heavy atom. The number of hydrogen-bond acceptors (Lipinski definition) is 5. The SMILES string of the molecule is Cc1cc(-c2c(C)sc(C)c2S(=O)(=O)Nc2ccc(OC(F)(F)F)cc2)n[nH]1. The van der Waals surface area contributed by atoms with E-state index in [1.54, 1.807) is 19.9 Å². The van der Waals surface area contributed by atoms with Crippen molar-refractivity contribution in [2.24, 2.45) is 0 Å².